The van der Waals surface area contributed by atoms with Crippen LogP contribution in [-0.4, -0.2) is 0 Å². The van der Waals surface area contributed by atoms with Crippen molar-refractivity contribution in [3.63, 3.8) is 0 Å². The van der Waals surface area contributed by atoms with E-state index in [2.05, 4.69) is 0 Å². The topological polar surface area (TPSA) is 0 Å². The van der Waals surface area contributed by atoms with Gasteiger partial charge in [0.15, 0.2) is 0 Å². The van der Waals surface area contributed by atoms with Gasteiger partial charge in [-0.25, -0.2) is 0 Å². The summed E-state index contributed by atoms with van der Waals surface area (Å²) in [5.74, 6) is 3.14. The molecule has 0 aromatic rings. The van der Waals surface area contributed by atoms with E-state index in [0.717, 1.165) is 16.7 Å². The first-order valence-corrected chi connectivity index (χ1v) is 8.23. The molecule has 4 aliphatic carbocycles. The van der Waals surface area contributed by atoms with Gasteiger partial charge in [-0.2, -0.15) is 0 Å². The van der Waals surface area contributed by atoms with Crippen LogP contribution in [0, 0.1) is 22.7 Å². The Hall–Kier alpha value is 0. The zero-order valence-corrected chi connectivity index (χ0v) is 11.3. The van der Waals surface area contributed by atoms with Crippen molar-refractivity contribution < 1.29 is 0 Å². The van der Waals surface area contributed by atoms with Crippen molar-refractivity contribution in [2.75, 3.05) is 0 Å². The fraction of sp³-hybridized carbons (Fsp3) is 0.941. The summed E-state index contributed by atoms with van der Waals surface area (Å²) in [4.78, 5) is 0. The van der Waals surface area contributed by atoms with Gasteiger partial charge >= 0.3 is 0 Å². The van der Waals surface area contributed by atoms with E-state index in [0.29, 0.717) is 0 Å². The molecule has 0 amide bonds. The molecule has 0 heteroatoms. The lowest BCUT2D eigenvalue weighted by Crippen LogP contribution is -2.41. The smallest absolute Gasteiger partial charge is 0.0173 e. The van der Waals surface area contributed by atoms with Crippen LogP contribution in [-0.2, 0) is 0 Å². The Kier molecular flexibility index (Phi) is 2.40. The van der Waals surface area contributed by atoms with Gasteiger partial charge in [-0.1, -0.05) is 32.1 Å². The van der Waals surface area contributed by atoms with Crippen molar-refractivity contribution in [2.24, 2.45) is 16.7 Å². The third kappa shape index (κ3) is 1.48. The lowest BCUT2D eigenvalue weighted by molar-refractivity contribution is 0.0224. The summed E-state index contributed by atoms with van der Waals surface area (Å²) in [6.45, 7) is 0. The highest BCUT2D eigenvalue weighted by Gasteiger charge is 2.67. The molecular formula is C17H27. The Morgan fingerprint density at radius 1 is 0.706 bits per heavy atom. The van der Waals surface area contributed by atoms with Crippen LogP contribution in [0.25, 0.3) is 0 Å². The molecule has 0 atom stereocenters. The lowest BCUT2D eigenvalue weighted by Gasteiger charge is -2.49. The number of rotatable bonds is 3. The first-order chi connectivity index (χ1) is 8.37. The van der Waals surface area contributed by atoms with E-state index in [1.165, 1.54) is 32.1 Å². The van der Waals surface area contributed by atoms with Gasteiger partial charge in [0.25, 0.3) is 0 Å². The molecule has 0 N–H and O–H groups in total. The molecule has 0 spiro atoms. The van der Waals surface area contributed by atoms with E-state index in [4.69, 9.17) is 0 Å². The molecule has 0 bridgehead atoms. The third-order valence-electron chi connectivity index (χ3n) is 6.76. The van der Waals surface area contributed by atoms with Crippen LogP contribution in [0.4, 0.5) is 0 Å². The van der Waals surface area contributed by atoms with Gasteiger partial charge in [0, 0.05) is 0 Å². The van der Waals surface area contributed by atoms with Gasteiger partial charge in [-0.3, -0.25) is 0 Å². The third-order valence-corrected chi connectivity index (χ3v) is 6.76. The van der Waals surface area contributed by atoms with Crippen LogP contribution >= 0.6 is 0 Å². The van der Waals surface area contributed by atoms with Crippen molar-refractivity contribution in [2.45, 2.75) is 83.5 Å². The molecule has 4 aliphatic rings. The lowest BCUT2D eigenvalue weighted by atomic mass is 9.55. The van der Waals surface area contributed by atoms with Gasteiger partial charge in [0.2, 0.25) is 0 Å². The van der Waals surface area contributed by atoms with E-state index >= 15 is 0 Å². The molecule has 0 aromatic heterocycles. The Balaban J connectivity index is 1.66. The summed E-state index contributed by atoms with van der Waals surface area (Å²) in [6.07, 6.45) is 20.2. The van der Waals surface area contributed by atoms with E-state index in [9.17, 15) is 0 Å². The maximum Gasteiger partial charge on any atom is -0.0173 e. The maximum absolute atomic E-state index is 2.02. The van der Waals surface area contributed by atoms with Crippen LogP contribution in [0.15, 0.2) is 0 Å². The molecular weight excluding hydrogens is 204 g/mol. The quantitative estimate of drug-likeness (QED) is 0.620. The molecule has 0 aliphatic heterocycles. The van der Waals surface area contributed by atoms with E-state index in [-0.39, 0.29) is 0 Å². The molecule has 17 heavy (non-hydrogen) atoms. The first-order valence-electron chi connectivity index (χ1n) is 8.23. The Labute approximate surface area is 107 Å². The molecule has 0 heterocycles. The van der Waals surface area contributed by atoms with Crippen LogP contribution in [0.3, 0.4) is 0 Å². The summed E-state index contributed by atoms with van der Waals surface area (Å²) in [5, 5.41) is 0. The van der Waals surface area contributed by atoms with Crippen LogP contribution in [0.5, 0.6) is 0 Å². The summed E-state index contributed by atoms with van der Waals surface area (Å²) in [7, 11) is 0. The van der Waals surface area contributed by atoms with Crippen molar-refractivity contribution in [1.82, 2.24) is 0 Å². The fourth-order valence-electron chi connectivity index (χ4n) is 5.81. The molecule has 4 fully saturated rings. The predicted octanol–water partition coefficient (Wildman–Crippen LogP) is 5.28. The van der Waals surface area contributed by atoms with Crippen molar-refractivity contribution in [3.8, 4) is 0 Å². The molecule has 0 unspecified atom stereocenters. The number of hydrogen-bond donors (Lipinski definition) is 0. The van der Waals surface area contributed by atoms with Crippen molar-refractivity contribution >= 4 is 0 Å². The zero-order chi connectivity index (χ0) is 11.3. The largest absolute Gasteiger partial charge is 0.0533 e. The highest BCUT2D eigenvalue weighted by molar-refractivity contribution is 5.30. The molecule has 4 saturated carbocycles. The highest BCUT2D eigenvalue weighted by Crippen LogP contribution is 2.77. The summed E-state index contributed by atoms with van der Waals surface area (Å²) in [5.41, 5.74) is 1.62. The normalized spacial score (nSPS) is 36.0. The molecule has 4 rings (SSSR count). The molecule has 1 radical (unpaired) electrons. The average molecular weight is 231 g/mol. The molecule has 0 saturated heterocycles. The minimum absolute atomic E-state index is 0.808. The maximum atomic E-state index is 2.02. The minimum Gasteiger partial charge on any atom is -0.0533 e. The molecule has 0 aromatic carbocycles. The van der Waals surface area contributed by atoms with Crippen molar-refractivity contribution in [1.29, 1.82) is 0 Å². The van der Waals surface area contributed by atoms with Crippen LogP contribution < -0.4 is 0 Å². The number of hydrogen-bond acceptors (Lipinski definition) is 0. The van der Waals surface area contributed by atoms with E-state index in [1.54, 1.807) is 51.4 Å². The first kappa shape index (κ1) is 10.9. The Bertz CT molecular complexity index is 283. The van der Waals surface area contributed by atoms with Crippen LogP contribution in [0.1, 0.15) is 83.5 Å². The SMILES string of the molecule is C1CCC(C2CCCC2)(C2([C]3CC3)CC2)CC1. The van der Waals surface area contributed by atoms with Crippen LogP contribution in [0.2, 0.25) is 0 Å². The van der Waals surface area contributed by atoms with Gasteiger partial charge in [0.05, 0.1) is 0 Å². The van der Waals surface area contributed by atoms with E-state index < -0.39 is 0 Å². The highest BCUT2D eigenvalue weighted by atomic mass is 14.7. The fourth-order valence-corrected chi connectivity index (χ4v) is 5.81. The standard InChI is InChI=1S/C17H27/c1-4-10-16(11-5-1,14-6-2-3-7-14)17(12-13-17)15-8-9-15/h14H,1-13H2. The zero-order valence-electron chi connectivity index (χ0n) is 11.3. The Morgan fingerprint density at radius 2 is 1.35 bits per heavy atom. The van der Waals surface area contributed by atoms with Crippen molar-refractivity contribution in [3.05, 3.63) is 5.92 Å². The molecule has 95 valence electrons. The Morgan fingerprint density at radius 3 is 1.88 bits per heavy atom. The monoisotopic (exact) mass is 231 g/mol. The summed E-state index contributed by atoms with van der Waals surface area (Å²) < 4.78 is 0. The van der Waals surface area contributed by atoms with Gasteiger partial charge in [-0.15, -0.1) is 0 Å². The second-order valence-corrected chi connectivity index (χ2v) is 7.38. The second-order valence-electron chi connectivity index (χ2n) is 7.38. The van der Waals surface area contributed by atoms with Gasteiger partial charge < -0.3 is 0 Å². The average Bonchev–Trinajstić information content (AvgIpc) is 3.27. The summed E-state index contributed by atoms with van der Waals surface area (Å²) >= 11 is 0. The minimum atomic E-state index is 0.808. The summed E-state index contributed by atoms with van der Waals surface area (Å²) in [6, 6.07) is 0. The van der Waals surface area contributed by atoms with Gasteiger partial charge in [-0.05, 0) is 74.0 Å². The van der Waals surface area contributed by atoms with E-state index in [1.807, 2.05) is 5.92 Å². The predicted molar refractivity (Wildman–Crippen MR) is 71.6 cm³/mol. The molecule has 0 nitrogen and oxygen atoms in total. The second kappa shape index (κ2) is 3.75. The van der Waals surface area contributed by atoms with Gasteiger partial charge in [0.1, 0.15) is 0 Å².